The number of aromatic nitrogens is 6. The van der Waals surface area contributed by atoms with Crippen LogP contribution in [0.2, 0.25) is 10.0 Å². The third-order valence-electron chi connectivity index (χ3n) is 12.0. The van der Waals surface area contributed by atoms with Crippen LogP contribution >= 0.6 is 23.2 Å². The number of halogens is 2. The summed E-state index contributed by atoms with van der Waals surface area (Å²) in [6.07, 6.45) is 7.12. The first-order valence-corrected chi connectivity index (χ1v) is 25.0. The molecule has 0 saturated heterocycles. The molecule has 0 aliphatic carbocycles. The minimum absolute atomic E-state index is 0.0118. The van der Waals surface area contributed by atoms with Crippen molar-refractivity contribution in [2.75, 3.05) is 18.4 Å². The van der Waals surface area contributed by atoms with Crippen LogP contribution in [-0.4, -0.2) is 106 Å². The number of aromatic amines is 1. The summed E-state index contributed by atoms with van der Waals surface area (Å²) in [5, 5.41) is 15.8. The number of nitrogens with two attached hydrogens (primary N) is 1. The maximum atomic E-state index is 14.1. The molecule has 8 amide bonds. The van der Waals surface area contributed by atoms with Gasteiger partial charge >= 0.3 is 12.1 Å². The number of primary amides is 1. The second-order valence-corrected chi connectivity index (χ2v) is 19.0. The fraction of sp³-hybridized carbons (Fsp3) is 0.327. The Morgan fingerprint density at radius 1 is 0.840 bits per heavy atom. The van der Waals surface area contributed by atoms with Crippen LogP contribution in [0.4, 0.5) is 15.3 Å². The molecule has 7 rings (SSSR count). The minimum Gasteiger partial charge on any atom is -0.445 e. The van der Waals surface area contributed by atoms with Crippen molar-refractivity contribution in [3.05, 3.63) is 130 Å². The van der Waals surface area contributed by atoms with Crippen LogP contribution in [0.15, 0.2) is 97.5 Å². The average Bonchev–Trinajstić information content (AvgIpc) is 4.12. The van der Waals surface area contributed by atoms with Gasteiger partial charge in [-0.15, -0.1) is 0 Å². The molecule has 0 bridgehead atoms. The molecule has 0 fully saturated rings. The summed E-state index contributed by atoms with van der Waals surface area (Å²) in [6.45, 7) is 5.73. The van der Waals surface area contributed by atoms with Gasteiger partial charge in [-0.05, 0) is 98.2 Å². The molecule has 6 aromatic rings. The van der Waals surface area contributed by atoms with E-state index in [1.165, 1.54) is 23.4 Å². The molecule has 2 atom stereocenters. The van der Waals surface area contributed by atoms with E-state index in [0.29, 0.717) is 74.7 Å². The van der Waals surface area contributed by atoms with E-state index in [0.717, 1.165) is 16.2 Å². The number of nitrogens with one attached hydrogen (secondary N) is 5. The van der Waals surface area contributed by atoms with Crippen LogP contribution in [0.3, 0.4) is 0 Å². The first-order valence-electron chi connectivity index (χ1n) is 24.3. The van der Waals surface area contributed by atoms with Gasteiger partial charge in [-0.1, -0.05) is 67.7 Å². The lowest BCUT2D eigenvalue weighted by Gasteiger charge is -2.25. The number of nitrogens with zero attached hydrogens (tertiary/aromatic N) is 7. The molecule has 75 heavy (non-hydrogen) atoms. The van der Waals surface area contributed by atoms with Gasteiger partial charge in [0.1, 0.15) is 30.8 Å². The van der Waals surface area contributed by atoms with Crippen molar-refractivity contribution < 1.29 is 38.3 Å². The number of hydrogen-bond acceptors (Lipinski definition) is 12. The number of unbranched alkanes of at least 4 members (excludes halogenated alkanes) is 2. The predicted molar refractivity (Wildman–Crippen MR) is 279 cm³/mol. The van der Waals surface area contributed by atoms with Gasteiger partial charge in [0.15, 0.2) is 5.65 Å². The van der Waals surface area contributed by atoms with Gasteiger partial charge in [-0.3, -0.25) is 38.8 Å². The van der Waals surface area contributed by atoms with E-state index < -0.39 is 36.0 Å². The normalized spacial score (nSPS) is 13.0. The number of amides is 8. The molecular formula is C52H57Cl2N13O8. The quantitative estimate of drug-likeness (QED) is 0.0275. The van der Waals surface area contributed by atoms with E-state index >= 15 is 0 Å². The Morgan fingerprint density at radius 2 is 1.60 bits per heavy atom. The van der Waals surface area contributed by atoms with Gasteiger partial charge in [-0.2, -0.15) is 5.10 Å². The molecule has 0 spiro atoms. The second-order valence-electron chi connectivity index (χ2n) is 18.2. The van der Waals surface area contributed by atoms with Crippen LogP contribution in [0, 0.1) is 12.8 Å². The second kappa shape index (κ2) is 25.7. The van der Waals surface area contributed by atoms with Crippen LogP contribution in [0.25, 0.3) is 28.3 Å². The number of H-pyrrole nitrogens is 1. The van der Waals surface area contributed by atoms with Gasteiger partial charge in [0.2, 0.25) is 17.7 Å². The maximum absolute atomic E-state index is 14.1. The van der Waals surface area contributed by atoms with E-state index in [-0.39, 0.29) is 75.7 Å². The summed E-state index contributed by atoms with van der Waals surface area (Å²) in [4.78, 5) is 109. The zero-order valence-corrected chi connectivity index (χ0v) is 43.0. The number of hydrogen-bond donors (Lipinski definition) is 6. The molecule has 1 aliphatic rings. The summed E-state index contributed by atoms with van der Waals surface area (Å²) in [5.74, 6) is -2.13. The number of carbonyl (C=O) groups is 7. The highest BCUT2D eigenvalue weighted by Crippen LogP contribution is 2.31. The lowest BCUT2D eigenvalue weighted by molar-refractivity contribution is -0.137. The number of imide groups is 1. The van der Waals surface area contributed by atoms with E-state index in [1.807, 2.05) is 43.5 Å². The smallest absolute Gasteiger partial charge is 0.410 e. The molecule has 1 aliphatic heterocycles. The molecule has 0 saturated carbocycles. The van der Waals surface area contributed by atoms with Crippen molar-refractivity contribution in [1.82, 2.24) is 55.3 Å². The molecular weight excluding hydrogens is 1010 g/mol. The molecule has 5 heterocycles. The number of rotatable bonds is 24. The largest absolute Gasteiger partial charge is 0.445 e. The van der Waals surface area contributed by atoms with Gasteiger partial charge in [0.05, 0.1) is 33.7 Å². The van der Waals surface area contributed by atoms with Gasteiger partial charge in [0, 0.05) is 61.3 Å². The highest BCUT2D eigenvalue weighted by atomic mass is 35.5. The van der Waals surface area contributed by atoms with Gasteiger partial charge in [-0.25, -0.2) is 24.1 Å². The number of benzene rings is 2. The maximum Gasteiger partial charge on any atom is 0.410 e. The topological polar surface area (TPSA) is 281 Å². The van der Waals surface area contributed by atoms with E-state index in [1.54, 1.807) is 60.8 Å². The zero-order valence-electron chi connectivity index (χ0n) is 41.5. The first-order chi connectivity index (χ1) is 36.0. The van der Waals surface area contributed by atoms with Crippen LogP contribution in [0.1, 0.15) is 75.0 Å². The third-order valence-corrected chi connectivity index (χ3v) is 12.8. The Labute approximate surface area is 442 Å². The number of ether oxygens (including phenoxy) is 1. The van der Waals surface area contributed by atoms with Crippen LogP contribution in [-0.2, 0) is 48.4 Å². The zero-order chi connectivity index (χ0) is 53.6. The number of aryl methyl sites for hydroxylation is 1. The number of pyridine rings is 2. The fourth-order valence-electron chi connectivity index (χ4n) is 8.12. The average molecular weight is 1060 g/mol. The molecule has 392 valence electrons. The Hall–Kier alpha value is -8.17. The monoisotopic (exact) mass is 1060 g/mol. The summed E-state index contributed by atoms with van der Waals surface area (Å²) < 4.78 is 7.52. The molecule has 21 nitrogen and oxygen atoms in total. The highest BCUT2D eigenvalue weighted by molar-refractivity contribution is 6.42. The standard InChI is InChI=1S/C52H57Cl2N13O8/c1-31(2)46(64-43(68)12-5-4-6-24-66-44(69)21-22-45(66)70)50(72)61-40(11-8-23-56-51(55)73)49(71)60-36-17-13-33(14-18-36)29-75-52(74)65(26-34-15-19-37(53)38(54)25-34)28-41-62-47(35-16-20-42-57-30-58-67(42)27-35)48(63-41)39-10-7-9-32(3)59-39/h7,9-10,13-22,25,27,30-31,40,46H,4-6,8,11-12,23-24,26,28-29H2,1-3H3,(H,60,71)(H,61,72)(H,62,63)(H,64,68)(H3,55,56,73)/t40?,46-/m0/s1. The molecule has 7 N–H and O–H groups in total. The molecule has 2 aromatic carbocycles. The minimum atomic E-state index is -1.08. The van der Waals surface area contributed by atoms with Crippen molar-refractivity contribution in [1.29, 1.82) is 0 Å². The Balaban J connectivity index is 0.994. The van der Waals surface area contributed by atoms with Crippen molar-refractivity contribution in [3.63, 3.8) is 0 Å². The molecule has 0 radical (unpaired) electrons. The van der Waals surface area contributed by atoms with Crippen LogP contribution in [0.5, 0.6) is 0 Å². The number of anilines is 1. The number of imidazole rings is 1. The van der Waals surface area contributed by atoms with E-state index in [9.17, 15) is 33.6 Å². The van der Waals surface area contributed by atoms with Gasteiger partial charge < -0.3 is 36.7 Å². The Bertz CT molecular complexity index is 3070. The lowest BCUT2D eigenvalue weighted by atomic mass is 10.0. The predicted octanol–water partition coefficient (Wildman–Crippen LogP) is 6.63. The fourth-order valence-corrected chi connectivity index (χ4v) is 8.44. The van der Waals surface area contributed by atoms with Crippen molar-refractivity contribution in [2.24, 2.45) is 11.7 Å². The number of carbonyl (C=O) groups excluding carboxylic acids is 7. The Kier molecular flexibility index (Phi) is 18.7. The number of fused-ring (bicyclic) bond motifs is 1. The Morgan fingerprint density at radius 3 is 2.32 bits per heavy atom. The van der Waals surface area contributed by atoms with Crippen molar-refractivity contribution >= 4 is 76.2 Å². The van der Waals surface area contributed by atoms with E-state index in [2.05, 4.69) is 36.3 Å². The summed E-state index contributed by atoms with van der Waals surface area (Å²) in [5.41, 5.74) is 11.0. The van der Waals surface area contributed by atoms with Crippen molar-refractivity contribution in [2.45, 2.75) is 91.1 Å². The first kappa shape index (κ1) is 54.6. The molecule has 23 heteroatoms. The van der Waals surface area contributed by atoms with Crippen molar-refractivity contribution in [3.8, 4) is 22.6 Å². The SMILES string of the molecule is Cc1cccc(-c2[nH]c(CN(Cc3ccc(Cl)c(Cl)c3)C(=O)OCc3ccc(NC(=O)C(CCCNC(N)=O)NC(=O)[C@@H](NC(=O)CCCCCN4C(=O)C=CC4=O)C(C)C)cc3)nc2-c2ccc3ncnn3c2)n1. The summed E-state index contributed by atoms with van der Waals surface area (Å²) in [6, 6.07) is 18.3. The summed E-state index contributed by atoms with van der Waals surface area (Å²) in [7, 11) is 0. The van der Waals surface area contributed by atoms with Crippen LogP contribution < -0.4 is 27.0 Å². The highest BCUT2D eigenvalue weighted by Gasteiger charge is 2.30. The molecule has 4 aromatic heterocycles. The third kappa shape index (κ3) is 15.2. The summed E-state index contributed by atoms with van der Waals surface area (Å²) >= 11 is 12.6. The number of urea groups is 1. The lowest BCUT2D eigenvalue weighted by Crippen LogP contribution is -2.54. The molecule has 1 unspecified atom stereocenters. The van der Waals surface area contributed by atoms with E-state index in [4.69, 9.17) is 43.6 Å². The van der Waals surface area contributed by atoms with Gasteiger partial charge in [0.25, 0.3) is 11.8 Å².